The van der Waals surface area contributed by atoms with Crippen molar-refractivity contribution < 1.29 is 277 Å². The van der Waals surface area contributed by atoms with E-state index in [-0.39, 0.29) is 0 Å². The third-order valence-corrected chi connectivity index (χ3v) is 24.6. The van der Waals surface area contributed by atoms with Gasteiger partial charge >= 0.3 is 0 Å². The fourth-order valence-corrected chi connectivity index (χ4v) is 17.4. The smallest absolute Gasteiger partial charge is 0.217 e. The lowest BCUT2D eigenvalue weighted by atomic mass is 9.93. The Balaban J connectivity index is 0.928. The highest BCUT2D eigenvalue weighted by Gasteiger charge is 2.63. The fraction of sp³-hybridized carbons (Fsp3) is 0.946. The van der Waals surface area contributed by atoms with E-state index in [9.17, 15) is 177 Å². The van der Waals surface area contributed by atoms with E-state index in [4.69, 9.17) is 99.5 Å². The van der Waals surface area contributed by atoms with E-state index in [1.54, 1.807) is 0 Å². The number of aliphatic hydroxyl groups is 31. The summed E-state index contributed by atoms with van der Waals surface area (Å²) in [7, 11) is 0. The Kier molecular flexibility index (Phi) is 39.7. The Hall–Kier alpha value is -4.20. The van der Waals surface area contributed by atoms with Gasteiger partial charge in [0.1, 0.15) is 268 Å². The molecule has 0 bridgehead atoms. The van der Waals surface area contributed by atoms with Crippen molar-refractivity contribution in [3.8, 4) is 0 Å². The van der Waals surface area contributed by atoms with Crippen molar-refractivity contribution in [2.75, 3.05) is 72.7 Å². The average Bonchev–Trinajstić information content (AvgIpc) is 0.761. The summed E-state index contributed by atoms with van der Waals surface area (Å²) >= 11 is 0. The van der Waals surface area contributed by atoms with Crippen LogP contribution in [0.4, 0.5) is 0 Å². The third-order valence-electron chi connectivity index (χ3n) is 24.6. The van der Waals surface area contributed by atoms with E-state index in [1.165, 1.54) is 0 Å². The summed E-state index contributed by atoms with van der Waals surface area (Å²) in [6.07, 6.45) is -111. The van der Waals surface area contributed by atoms with Crippen molar-refractivity contribution in [2.24, 2.45) is 0 Å². The van der Waals surface area contributed by atoms with Gasteiger partial charge in [0.2, 0.25) is 23.6 Å². The molecule has 4 amide bonds. The summed E-state index contributed by atoms with van der Waals surface area (Å²) in [6, 6.07) is -7.84. The highest BCUT2D eigenvalue weighted by atomic mass is 16.8. The lowest BCUT2D eigenvalue weighted by Gasteiger charge is -2.51. The van der Waals surface area contributed by atoms with E-state index in [0.717, 1.165) is 27.7 Å². The van der Waals surface area contributed by atoms with Gasteiger partial charge in [0, 0.05) is 27.7 Å². The van der Waals surface area contributed by atoms with E-state index < -0.39 is 434 Å². The Labute approximate surface area is 757 Å². The predicted molar refractivity (Wildman–Crippen MR) is 409 cm³/mol. The maximum atomic E-state index is 13.4. The number of rotatable bonds is 35. The minimum atomic E-state index is -2.68. The van der Waals surface area contributed by atoms with Gasteiger partial charge in [-0.1, -0.05) is 0 Å². The molecule has 776 valence electrons. The SMILES string of the molecule is CC(=O)N[C@@H]1[C@@H](O)[C@H](O[C@@H]2O[C@H](CO)[C@@H](O[C@@H]3O[C@H](CO[C@H]4O[C@H](CO)[C@@H](O)[C@H](O)[C@@H]4O[C@@H]4O[C@H](CO)[C@@H](O)[C@H](O[C@@H]5O[C@H](CO)[C@H](O)[C@H](O[C@H]6O[C@H](CO)[C@H](O)[C@H](O)[C@H]6O)[C@H]5O)[C@H]4NC(C)=O)[C@@H](O)[C@H](O[C@H]4O[C@H](CO)[C@@H](O)[C@H](O)[C@@H]4O[C@@H]4O[C@H](CO)[C@@H](O)[C@H](O[C@@H]5O[C@H](CO)[C@H](O)[C@H](O[C@H]6O[C@H](CO)[C@H](O)[C@H](O)[C@H]6O)[C@H]5O)[C@H]4NC(C)=O)[C@@H]3O)[C@H](O)[C@H]2NC(C)=O)[C@@H](CO)O[C@H]1O. The van der Waals surface area contributed by atoms with E-state index in [0.29, 0.717) is 0 Å². The molecular weight excluding hydrogens is 1840 g/mol. The summed E-state index contributed by atoms with van der Waals surface area (Å²) in [6.45, 7) is -9.09. The molecule has 35 N–H and O–H groups in total. The number of nitrogens with one attached hydrogen (secondary N) is 4. The van der Waals surface area contributed by atoms with Crippen LogP contribution >= 0.6 is 0 Å². The van der Waals surface area contributed by atoms with Crippen LogP contribution in [0.5, 0.6) is 0 Å². The van der Waals surface area contributed by atoms with Gasteiger partial charge in [-0.3, -0.25) is 19.2 Å². The second-order valence-electron chi connectivity index (χ2n) is 33.8. The summed E-state index contributed by atoms with van der Waals surface area (Å²) in [5.74, 6) is -3.90. The molecule has 60 nitrogen and oxygen atoms in total. The topological polar surface area (TPSA) is 937 Å². The van der Waals surface area contributed by atoms with E-state index in [1.807, 2.05) is 0 Å². The first-order valence-electron chi connectivity index (χ1n) is 42.7. The van der Waals surface area contributed by atoms with Crippen LogP contribution in [0, 0.1) is 0 Å². The van der Waals surface area contributed by atoms with Crippen molar-refractivity contribution >= 4 is 23.6 Å². The molecule has 0 spiro atoms. The molecule has 0 aromatic rings. The Morgan fingerprint density at radius 2 is 0.418 bits per heavy atom. The van der Waals surface area contributed by atoms with Crippen molar-refractivity contribution in [1.29, 1.82) is 0 Å². The number of hydrogen-bond donors (Lipinski definition) is 35. The highest BCUT2D eigenvalue weighted by molar-refractivity contribution is 5.74. The summed E-state index contributed by atoms with van der Waals surface area (Å²) in [4.78, 5) is 52.1. The quantitative estimate of drug-likeness (QED) is 0.0280. The largest absolute Gasteiger partial charge is 0.394 e. The molecule has 11 aliphatic rings. The van der Waals surface area contributed by atoms with Crippen LogP contribution in [0.2, 0.25) is 0 Å². The van der Waals surface area contributed by atoms with Gasteiger partial charge in [-0.25, -0.2) is 0 Å². The molecular formula is C74H124N4O56. The van der Waals surface area contributed by atoms with Crippen molar-refractivity contribution in [3.05, 3.63) is 0 Å². The second kappa shape index (κ2) is 48.3. The molecule has 11 fully saturated rings. The summed E-state index contributed by atoms with van der Waals surface area (Å²) < 4.78 is 125. The molecule has 11 rings (SSSR count). The lowest BCUT2D eigenvalue weighted by molar-refractivity contribution is -0.400. The van der Waals surface area contributed by atoms with Gasteiger partial charge in [0.25, 0.3) is 0 Å². The van der Waals surface area contributed by atoms with Crippen LogP contribution in [-0.2, 0) is 119 Å². The maximum absolute atomic E-state index is 13.4. The molecule has 11 saturated heterocycles. The predicted octanol–water partition coefficient (Wildman–Crippen LogP) is -24.4. The molecule has 60 heteroatoms. The van der Waals surface area contributed by atoms with Crippen LogP contribution < -0.4 is 21.3 Å². The molecule has 11 aliphatic heterocycles. The number of carbonyl (C=O) groups excluding carboxylic acids is 4. The standard InChI is InChI=1S/C74H124N4O56/c1-16(89)75-31-44(102)55(28(13-87)115-64(31)113)126-65-32(76-17(2)90)45(103)56(29(14-88)124-65)127-72-54(112)61(132-74-63(49(107)38(96)23(8-82)123-74)134-67-34(78-19(4)92)58(40(98)25(10-84)117-67)129-71-53(111)60(42(100)27(12-86)121-71)131-69-51(109)47(105)36(94)21(6-80)119-69)43(101)30(125-72)15-114-73-62(48(106)37(95)22(7-81)122-73)133-66-33(77-18(3)91)57(39(97)24(9-83)116-66)128-70-52(110)59(41(99)26(11-85)120-70)130-68-50(108)46(104)35(93)20(5-79)118-68/h20-74,79-88,93-113H,5-15H2,1-4H3,(H,75,89)(H,76,90)(H,77,91)(H,78,92)/t20-,21-,22-,23-,24-,25-,26-,27-,28-,29-,30-,31-,32-,33-,34-,35+,36+,37-,38-,39-,40-,41+,42+,43-,44-,45-,46+,47+,48+,49+,50-,51-,52-,53-,54+,55-,56-,57-,58-,59+,60+,61+,62+,63+,64-,65+,66+,67+,68-,69-,70+,71+,72+,73+,74-/m1/s1. The summed E-state index contributed by atoms with van der Waals surface area (Å²) in [5.41, 5.74) is 0. The molecule has 55 atom stereocenters. The van der Waals surface area contributed by atoms with Gasteiger partial charge in [-0.05, 0) is 0 Å². The van der Waals surface area contributed by atoms with E-state index in [2.05, 4.69) is 21.3 Å². The Bertz CT molecular complexity index is 3650. The van der Waals surface area contributed by atoms with Crippen LogP contribution in [0.15, 0.2) is 0 Å². The lowest BCUT2D eigenvalue weighted by Crippen LogP contribution is -2.71. The molecule has 0 unspecified atom stereocenters. The van der Waals surface area contributed by atoms with Gasteiger partial charge in [-0.2, -0.15) is 0 Å². The van der Waals surface area contributed by atoms with Gasteiger partial charge in [0.05, 0.1) is 72.7 Å². The molecule has 0 aliphatic carbocycles. The first-order chi connectivity index (χ1) is 63.5. The first kappa shape index (κ1) is 110. The molecule has 0 saturated carbocycles. The summed E-state index contributed by atoms with van der Waals surface area (Å²) in [5, 5.41) is 357. The Morgan fingerprint density at radius 3 is 0.784 bits per heavy atom. The molecule has 0 radical (unpaired) electrons. The number of hydrogen-bond acceptors (Lipinski definition) is 56. The van der Waals surface area contributed by atoms with Crippen LogP contribution in [-0.4, -0.2) is 592 Å². The first-order valence-corrected chi connectivity index (χ1v) is 42.7. The maximum Gasteiger partial charge on any atom is 0.217 e. The van der Waals surface area contributed by atoms with Gasteiger partial charge in [0.15, 0.2) is 69.2 Å². The fourth-order valence-electron chi connectivity index (χ4n) is 17.4. The highest BCUT2D eigenvalue weighted by Crippen LogP contribution is 2.42. The minimum Gasteiger partial charge on any atom is -0.394 e. The van der Waals surface area contributed by atoms with Crippen LogP contribution in [0.3, 0.4) is 0 Å². The van der Waals surface area contributed by atoms with Crippen LogP contribution in [0.1, 0.15) is 27.7 Å². The van der Waals surface area contributed by atoms with Crippen LogP contribution in [0.25, 0.3) is 0 Å². The zero-order valence-corrected chi connectivity index (χ0v) is 71.6. The van der Waals surface area contributed by atoms with Gasteiger partial charge in [-0.15, -0.1) is 0 Å². The average molecular weight is 1970 g/mol. The number of aliphatic hydroxyl groups excluding tert-OH is 31. The second-order valence-corrected chi connectivity index (χ2v) is 33.8. The molecule has 134 heavy (non-hydrogen) atoms. The van der Waals surface area contributed by atoms with Crippen molar-refractivity contribution in [1.82, 2.24) is 21.3 Å². The molecule has 11 heterocycles. The number of carbonyl (C=O) groups is 4. The molecule has 0 aromatic heterocycles. The monoisotopic (exact) mass is 1960 g/mol. The number of amides is 4. The van der Waals surface area contributed by atoms with Gasteiger partial charge < -0.3 is 279 Å². The minimum absolute atomic E-state index is 0.820. The Morgan fingerprint density at radius 1 is 0.194 bits per heavy atom. The van der Waals surface area contributed by atoms with E-state index >= 15 is 0 Å². The number of ether oxygens (including phenoxy) is 21. The zero-order valence-electron chi connectivity index (χ0n) is 71.6. The molecule has 0 aromatic carbocycles. The zero-order chi connectivity index (χ0) is 98.5. The van der Waals surface area contributed by atoms with Crippen molar-refractivity contribution in [3.63, 3.8) is 0 Å². The van der Waals surface area contributed by atoms with Crippen molar-refractivity contribution in [2.45, 2.75) is 365 Å². The third kappa shape index (κ3) is 24.0. The normalized spacial score (nSPS) is 49.8.